The summed E-state index contributed by atoms with van der Waals surface area (Å²) in [5.41, 5.74) is 0. The molecule has 0 aromatic heterocycles. The van der Waals surface area contributed by atoms with Crippen LogP contribution < -0.4 is 0 Å². The van der Waals surface area contributed by atoms with Gasteiger partial charge in [0.25, 0.3) is 0 Å². The van der Waals surface area contributed by atoms with Crippen molar-refractivity contribution in [1.82, 2.24) is 0 Å². The van der Waals surface area contributed by atoms with Crippen LogP contribution in [0.5, 0.6) is 0 Å². The maximum atomic E-state index is 2.50. The minimum atomic E-state index is 0.943. The van der Waals surface area contributed by atoms with Crippen LogP contribution in [-0.4, -0.2) is 0 Å². The molecular formula is C16H32. The summed E-state index contributed by atoms with van der Waals surface area (Å²) in [6.07, 6.45) is 8.65. The van der Waals surface area contributed by atoms with Crippen molar-refractivity contribution in [2.24, 2.45) is 29.6 Å². The Morgan fingerprint density at radius 1 is 1.00 bits per heavy atom. The molecule has 0 bridgehead atoms. The molecule has 1 fully saturated rings. The van der Waals surface area contributed by atoms with E-state index in [-0.39, 0.29) is 0 Å². The molecule has 1 saturated carbocycles. The van der Waals surface area contributed by atoms with Gasteiger partial charge in [-0.25, -0.2) is 0 Å². The first-order valence-corrected chi connectivity index (χ1v) is 7.56. The quantitative estimate of drug-likeness (QED) is 0.551. The summed E-state index contributed by atoms with van der Waals surface area (Å²) in [7, 11) is 0. The van der Waals surface area contributed by atoms with Crippen LogP contribution in [0.4, 0.5) is 0 Å². The lowest BCUT2D eigenvalue weighted by atomic mass is 9.77. The van der Waals surface area contributed by atoms with E-state index in [1.165, 1.54) is 38.5 Å². The van der Waals surface area contributed by atoms with Crippen molar-refractivity contribution in [3.05, 3.63) is 0 Å². The highest BCUT2D eigenvalue weighted by Crippen LogP contribution is 2.39. The predicted molar refractivity (Wildman–Crippen MR) is 73.5 cm³/mol. The van der Waals surface area contributed by atoms with Crippen LogP contribution in [-0.2, 0) is 0 Å². The molecule has 1 rings (SSSR count). The molecule has 0 heterocycles. The molecule has 0 spiro atoms. The zero-order chi connectivity index (χ0) is 12.1. The highest BCUT2D eigenvalue weighted by atomic mass is 14.3. The fourth-order valence-corrected chi connectivity index (χ4v) is 3.60. The monoisotopic (exact) mass is 224 g/mol. The second-order valence-corrected chi connectivity index (χ2v) is 6.53. The fraction of sp³-hybridized carbons (Fsp3) is 1.00. The summed E-state index contributed by atoms with van der Waals surface area (Å²) in [5.74, 6) is 4.79. The van der Waals surface area contributed by atoms with Crippen LogP contribution in [0.1, 0.15) is 73.1 Å². The van der Waals surface area contributed by atoms with Crippen LogP contribution in [0.2, 0.25) is 0 Å². The zero-order valence-electron chi connectivity index (χ0n) is 12.1. The summed E-state index contributed by atoms with van der Waals surface area (Å²) in [6.45, 7) is 12.2. The third-order valence-corrected chi connectivity index (χ3v) is 5.15. The minimum Gasteiger partial charge on any atom is -0.0654 e. The summed E-state index contributed by atoms with van der Waals surface area (Å²) in [5, 5.41) is 0. The van der Waals surface area contributed by atoms with Crippen molar-refractivity contribution < 1.29 is 0 Å². The molecule has 16 heavy (non-hydrogen) atoms. The van der Waals surface area contributed by atoms with Crippen molar-refractivity contribution >= 4 is 0 Å². The standard InChI is InChI=1S/C16H32/c1-6-7-8-13(3)16-10-9-12(2)14(4)11-15(16)5/h12-16H,6-11H2,1-5H3. The van der Waals surface area contributed by atoms with Gasteiger partial charge >= 0.3 is 0 Å². The summed E-state index contributed by atoms with van der Waals surface area (Å²) in [6, 6.07) is 0. The van der Waals surface area contributed by atoms with E-state index >= 15 is 0 Å². The number of rotatable bonds is 4. The number of unbranched alkanes of at least 4 members (excludes halogenated alkanes) is 1. The van der Waals surface area contributed by atoms with E-state index in [1.807, 2.05) is 0 Å². The highest BCUT2D eigenvalue weighted by Gasteiger charge is 2.29. The van der Waals surface area contributed by atoms with Crippen molar-refractivity contribution in [2.45, 2.75) is 73.1 Å². The summed E-state index contributed by atoms with van der Waals surface area (Å²) < 4.78 is 0. The van der Waals surface area contributed by atoms with Crippen molar-refractivity contribution in [3.63, 3.8) is 0 Å². The SMILES string of the molecule is CCCCC(C)C1CCC(C)C(C)CC1C. The van der Waals surface area contributed by atoms with E-state index in [1.54, 1.807) is 0 Å². The molecule has 0 aromatic rings. The van der Waals surface area contributed by atoms with Gasteiger partial charge in [-0.2, -0.15) is 0 Å². The molecule has 1 aliphatic carbocycles. The van der Waals surface area contributed by atoms with E-state index in [4.69, 9.17) is 0 Å². The highest BCUT2D eigenvalue weighted by molar-refractivity contribution is 4.80. The first-order chi connectivity index (χ1) is 7.56. The Morgan fingerprint density at radius 3 is 2.31 bits per heavy atom. The zero-order valence-corrected chi connectivity index (χ0v) is 12.1. The van der Waals surface area contributed by atoms with E-state index in [9.17, 15) is 0 Å². The van der Waals surface area contributed by atoms with E-state index in [0.717, 1.165) is 29.6 Å². The predicted octanol–water partition coefficient (Wildman–Crippen LogP) is 5.52. The Hall–Kier alpha value is 0. The van der Waals surface area contributed by atoms with Crippen molar-refractivity contribution in [3.8, 4) is 0 Å². The maximum absolute atomic E-state index is 2.50. The Balaban J connectivity index is 2.51. The molecule has 0 amide bonds. The van der Waals surface area contributed by atoms with Gasteiger partial charge in [0, 0.05) is 0 Å². The summed E-state index contributed by atoms with van der Waals surface area (Å²) in [4.78, 5) is 0. The average molecular weight is 224 g/mol. The lowest BCUT2D eigenvalue weighted by Crippen LogP contribution is -2.19. The largest absolute Gasteiger partial charge is 0.0654 e. The van der Waals surface area contributed by atoms with E-state index in [2.05, 4.69) is 34.6 Å². The molecule has 5 unspecified atom stereocenters. The maximum Gasteiger partial charge on any atom is -0.0362 e. The van der Waals surface area contributed by atoms with Crippen LogP contribution in [0.15, 0.2) is 0 Å². The molecule has 0 heteroatoms. The van der Waals surface area contributed by atoms with Crippen LogP contribution in [0.3, 0.4) is 0 Å². The molecule has 0 radical (unpaired) electrons. The first-order valence-electron chi connectivity index (χ1n) is 7.56. The molecule has 0 nitrogen and oxygen atoms in total. The van der Waals surface area contributed by atoms with Gasteiger partial charge in [0.2, 0.25) is 0 Å². The lowest BCUT2D eigenvalue weighted by molar-refractivity contribution is 0.218. The van der Waals surface area contributed by atoms with Crippen LogP contribution >= 0.6 is 0 Å². The van der Waals surface area contributed by atoms with Gasteiger partial charge in [-0.1, -0.05) is 60.3 Å². The van der Waals surface area contributed by atoms with Gasteiger partial charge in [0.1, 0.15) is 0 Å². The lowest BCUT2D eigenvalue weighted by Gasteiger charge is -2.28. The normalized spacial score (nSPS) is 38.1. The van der Waals surface area contributed by atoms with Gasteiger partial charge in [-0.05, 0) is 42.4 Å². The molecule has 5 atom stereocenters. The molecule has 0 N–H and O–H groups in total. The number of hydrogen-bond acceptors (Lipinski definition) is 0. The van der Waals surface area contributed by atoms with Gasteiger partial charge in [0.15, 0.2) is 0 Å². The van der Waals surface area contributed by atoms with Crippen molar-refractivity contribution in [2.75, 3.05) is 0 Å². The Kier molecular flexibility index (Phi) is 5.86. The Labute approximate surface area is 103 Å². The topological polar surface area (TPSA) is 0 Å². The molecule has 1 aliphatic rings. The summed E-state index contributed by atoms with van der Waals surface area (Å²) >= 11 is 0. The molecule has 0 aliphatic heterocycles. The van der Waals surface area contributed by atoms with Crippen LogP contribution in [0, 0.1) is 29.6 Å². The fourth-order valence-electron chi connectivity index (χ4n) is 3.60. The number of hydrogen-bond donors (Lipinski definition) is 0. The minimum absolute atomic E-state index is 0.943. The molecule has 96 valence electrons. The Bertz CT molecular complexity index is 184. The molecule has 0 saturated heterocycles. The van der Waals surface area contributed by atoms with Gasteiger partial charge < -0.3 is 0 Å². The van der Waals surface area contributed by atoms with Crippen LogP contribution in [0.25, 0.3) is 0 Å². The third-order valence-electron chi connectivity index (χ3n) is 5.15. The first kappa shape index (κ1) is 14.1. The van der Waals surface area contributed by atoms with Gasteiger partial charge in [-0.15, -0.1) is 0 Å². The Morgan fingerprint density at radius 2 is 1.69 bits per heavy atom. The van der Waals surface area contributed by atoms with Crippen molar-refractivity contribution in [1.29, 1.82) is 0 Å². The second-order valence-electron chi connectivity index (χ2n) is 6.53. The molecule has 0 aromatic carbocycles. The average Bonchev–Trinajstić information content (AvgIpc) is 2.36. The van der Waals surface area contributed by atoms with Gasteiger partial charge in [0.05, 0.1) is 0 Å². The van der Waals surface area contributed by atoms with E-state index in [0.29, 0.717) is 0 Å². The second kappa shape index (κ2) is 6.67. The van der Waals surface area contributed by atoms with E-state index < -0.39 is 0 Å². The third kappa shape index (κ3) is 3.79. The molecular weight excluding hydrogens is 192 g/mol. The smallest absolute Gasteiger partial charge is 0.0362 e. The van der Waals surface area contributed by atoms with Gasteiger partial charge in [-0.3, -0.25) is 0 Å².